The Bertz CT molecular complexity index is 2870. The van der Waals surface area contributed by atoms with Crippen molar-refractivity contribution in [3.05, 3.63) is 200 Å². The Morgan fingerprint density at radius 2 is 0.885 bits per heavy atom. The SMILES string of the molecule is c1ccc(-c2ccc(N(c3ccc4cc(-c5ccccc5)c5ccccc5c4c3)c3cc(-c4ccccc4)cc4sc5ccccc5c34)cc2)cc1. The van der Waals surface area contributed by atoms with E-state index in [0.717, 1.165) is 11.4 Å². The highest BCUT2D eigenvalue weighted by atomic mass is 32.1. The highest BCUT2D eigenvalue weighted by Crippen LogP contribution is 2.48. The number of hydrogen-bond acceptors (Lipinski definition) is 2. The molecule has 0 radical (unpaired) electrons. The Balaban J connectivity index is 1.25. The van der Waals surface area contributed by atoms with Gasteiger partial charge >= 0.3 is 0 Å². The minimum atomic E-state index is 1.12. The summed E-state index contributed by atoms with van der Waals surface area (Å²) >= 11 is 1.87. The number of benzene rings is 9. The second-order valence-electron chi connectivity index (χ2n) is 13.3. The van der Waals surface area contributed by atoms with Gasteiger partial charge in [-0.2, -0.15) is 0 Å². The van der Waals surface area contributed by atoms with Gasteiger partial charge in [-0.3, -0.25) is 0 Å². The molecule has 10 aromatic rings. The molecule has 1 heterocycles. The predicted octanol–water partition coefficient (Wildman–Crippen LogP) is 14.8. The van der Waals surface area contributed by atoms with Crippen LogP contribution in [0.4, 0.5) is 17.1 Å². The summed E-state index contributed by atoms with van der Waals surface area (Å²) in [7, 11) is 0. The largest absolute Gasteiger partial charge is 0.310 e. The summed E-state index contributed by atoms with van der Waals surface area (Å²) in [6.07, 6.45) is 0. The Morgan fingerprint density at radius 1 is 0.327 bits per heavy atom. The molecule has 1 nitrogen and oxygen atoms in total. The van der Waals surface area contributed by atoms with E-state index in [0.29, 0.717) is 0 Å². The highest BCUT2D eigenvalue weighted by molar-refractivity contribution is 7.26. The summed E-state index contributed by atoms with van der Waals surface area (Å²) in [6.45, 7) is 0. The fourth-order valence-electron chi connectivity index (χ4n) is 7.75. The summed E-state index contributed by atoms with van der Waals surface area (Å²) in [6, 6.07) is 73.0. The number of anilines is 3. The lowest BCUT2D eigenvalue weighted by atomic mass is 9.93. The first-order valence-electron chi connectivity index (χ1n) is 17.8. The lowest BCUT2D eigenvalue weighted by molar-refractivity contribution is 1.31. The minimum Gasteiger partial charge on any atom is -0.310 e. The van der Waals surface area contributed by atoms with E-state index < -0.39 is 0 Å². The van der Waals surface area contributed by atoms with Crippen LogP contribution in [0.25, 0.3) is 75.1 Å². The van der Waals surface area contributed by atoms with Gasteiger partial charge in [0.2, 0.25) is 0 Å². The fraction of sp³-hybridized carbons (Fsp3) is 0. The average molecular weight is 680 g/mol. The minimum absolute atomic E-state index is 1.12. The Morgan fingerprint density at radius 3 is 1.60 bits per heavy atom. The molecule has 0 amide bonds. The number of fused-ring (bicyclic) bond motifs is 6. The second-order valence-corrected chi connectivity index (χ2v) is 14.4. The van der Waals surface area contributed by atoms with Crippen LogP contribution < -0.4 is 4.90 Å². The molecule has 10 rings (SSSR count). The number of nitrogens with zero attached hydrogens (tertiary/aromatic N) is 1. The molecule has 0 saturated heterocycles. The van der Waals surface area contributed by atoms with Gasteiger partial charge in [-0.25, -0.2) is 0 Å². The Labute approximate surface area is 307 Å². The molecule has 0 aliphatic heterocycles. The average Bonchev–Trinajstić information content (AvgIpc) is 3.61. The standard InChI is InChI=1S/C50H33NS/c1-4-14-34(15-5-1)36-24-27-40(28-25-36)51(47-31-39(35-16-6-2-7-17-35)32-49-50(47)44-22-12-13-23-48(44)52-49)41-29-26-38-30-45(37-18-8-3-9-19-37)42-20-10-11-21-43(42)46(38)33-41/h1-33H. The second kappa shape index (κ2) is 12.7. The van der Waals surface area contributed by atoms with E-state index in [9.17, 15) is 0 Å². The molecule has 2 heteroatoms. The Kier molecular flexibility index (Phi) is 7.41. The molecule has 0 fully saturated rings. The molecule has 0 atom stereocenters. The van der Waals surface area contributed by atoms with E-state index in [4.69, 9.17) is 0 Å². The predicted molar refractivity (Wildman–Crippen MR) is 225 cm³/mol. The van der Waals surface area contributed by atoms with E-state index in [1.807, 2.05) is 11.3 Å². The first kappa shape index (κ1) is 30.4. The van der Waals surface area contributed by atoms with E-state index in [2.05, 4.69) is 205 Å². The molecule has 9 aromatic carbocycles. The lowest BCUT2D eigenvalue weighted by Gasteiger charge is -2.28. The first-order chi connectivity index (χ1) is 25.8. The third-order valence-electron chi connectivity index (χ3n) is 10.2. The molecule has 0 spiro atoms. The quantitative estimate of drug-likeness (QED) is 0.158. The molecule has 0 aliphatic rings. The van der Waals surface area contributed by atoms with Crippen LogP contribution in [-0.4, -0.2) is 0 Å². The molecular formula is C50H33NS. The van der Waals surface area contributed by atoms with Crippen molar-refractivity contribution in [3.8, 4) is 33.4 Å². The van der Waals surface area contributed by atoms with Crippen molar-refractivity contribution in [1.82, 2.24) is 0 Å². The zero-order valence-corrected chi connectivity index (χ0v) is 29.2. The number of hydrogen-bond donors (Lipinski definition) is 0. The zero-order valence-electron chi connectivity index (χ0n) is 28.4. The van der Waals surface area contributed by atoms with Crippen LogP contribution in [-0.2, 0) is 0 Å². The van der Waals surface area contributed by atoms with Gasteiger partial charge < -0.3 is 4.90 Å². The van der Waals surface area contributed by atoms with Gasteiger partial charge in [-0.15, -0.1) is 11.3 Å². The third kappa shape index (κ3) is 5.24. The Hall–Kier alpha value is -6.48. The van der Waals surface area contributed by atoms with Crippen molar-refractivity contribution < 1.29 is 0 Å². The number of rotatable bonds is 6. The summed E-state index contributed by atoms with van der Waals surface area (Å²) in [5.41, 5.74) is 10.7. The van der Waals surface area contributed by atoms with E-state index >= 15 is 0 Å². The molecule has 52 heavy (non-hydrogen) atoms. The van der Waals surface area contributed by atoms with Gasteiger partial charge in [0.05, 0.1) is 5.69 Å². The van der Waals surface area contributed by atoms with Crippen molar-refractivity contribution in [2.75, 3.05) is 4.90 Å². The van der Waals surface area contributed by atoms with Gasteiger partial charge in [0.1, 0.15) is 0 Å². The maximum atomic E-state index is 2.47. The van der Waals surface area contributed by atoms with E-state index in [1.54, 1.807) is 0 Å². The van der Waals surface area contributed by atoms with Crippen molar-refractivity contribution in [2.24, 2.45) is 0 Å². The molecule has 0 N–H and O–H groups in total. The van der Waals surface area contributed by atoms with Crippen LogP contribution in [0.1, 0.15) is 0 Å². The van der Waals surface area contributed by atoms with Crippen LogP contribution in [0.2, 0.25) is 0 Å². The van der Waals surface area contributed by atoms with Gasteiger partial charge in [0, 0.05) is 31.5 Å². The maximum Gasteiger partial charge on any atom is 0.0560 e. The highest BCUT2D eigenvalue weighted by Gasteiger charge is 2.21. The van der Waals surface area contributed by atoms with Crippen LogP contribution in [0.3, 0.4) is 0 Å². The normalized spacial score (nSPS) is 11.5. The molecular weight excluding hydrogens is 647 g/mol. The molecule has 0 saturated carbocycles. The maximum absolute atomic E-state index is 2.47. The summed E-state index contributed by atoms with van der Waals surface area (Å²) in [5.74, 6) is 0. The smallest absolute Gasteiger partial charge is 0.0560 e. The summed E-state index contributed by atoms with van der Waals surface area (Å²) < 4.78 is 2.57. The summed E-state index contributed by atoms with van der Waals surface area (Å²) in [4.78, 5) is 2.47. The van der Waals surface area contributed by atoms with Gasteiger partial charge in [-0.1, -0.05) is 152 Å². The summed E-state index contributed by atoms with van der Waals surface area (Å²) in [5, 5.41) is 7.53. The van der Waals surface area contributed by atoms with Crippen molar-refractivity contribution in [1.29, 1.82) is 0 Å². The zero-order chi connectivity index (χ0) is 34.4. The van der Waals surface area contributed by atoms with Crippen molar-refractivity contribution in [2.45, 2.75) is 0 Å². The van der Waals surface area contributed by atoms with Crippen molar-refractivity contribution >= 4 is 70.1 Å². The van der Waals surface area contributed by atoms with Crippen LogP contribution in [0.5, 0.6) is 0 Å². The fourth-order valence-corrected chi connectivity index (χ4v) is 8.92. The van der Waals surface area contributed by atoms with Gasteiger partial charge in [-0.05, 0) is 103 Å². The van der Waals surface area contributed by atoms with Crippen LogP contribution in [0, 0.1) is 0 Å². The van der Waals surface area contributed by atoms with Crippen molar-refractivity contribution in [3.63, 3.8) is 0 Å². The van der Waals surface area contributed by atoms with Crippen LogP contribution in [0.15, 0.2) is 200 Å². The molecule has 0 unspecified atom stereocenters. The molecule has 1 aromatic heterocycles. The van der Waals surface area contributed by atoms with Crippen LogP contribution >= 0.6 is 11.3 Å². The topological polar surface area (TPSA) is 3.24 Å². The number of thiophene rings is 1. The third-order valence-corrected chi connectivity index (χ3v) is 11.3. The monoisotopic (exact) mass is 679 g/mol. The molecule has 0 aliphatic carbocycles. The van der Waals surface area contributed by atoms with Gasteiger partial charge in [0.25, 0.3) is 0 Å². The molecule has 0 bridgehead atoms. The lowest BCUT2D eigenvalue weighted by Crippen LogP contribution is -2.10. The molecule has 244 valence electrons. The van der Waals surface area contributed by atoms with Gasteiger partial charge in [0.15, 0.2) is 0 Å². The van der Waals surface area contributed by atoms with E-state index in [-0.39, 0.29) is 0 Å². The first-order valence-corrected chi connectivity index (χ1v) is 18.6. The van der Waals surface area contributed by atoms with E-state index in [1.165, 1.54) is 80.8 Å².